The lowest BCUT2D eigenvalue weighted by Gasteiger charge is -1.96. The van der Waals surface area contributed by atoms with Crippen molar-refractivity contribution in [2.45, 2.75) is 6.92 Å². The van der Waals surface area contributed by atoms with Crippen molar-refractivity contribution in [1.82, 2.24) is 4.98 Å². The highest BCUT2D eigenvalue weighted by atomic mass is 32.1. The molecule has 1 heterocycles. The quantitative estimate of drug-likeness (QED) is 0.871. The Hall–Kier alpha value is -2.45. The second-order valence-corrected chi connectivity index (χ2v) is 4.71. The number of hydrogen-bond acceptors (Lipinski definition) is 4. The summed E-state index contributed by atoms with van der Waals surface area (Å²) in [6.07, 6.45) is 3.13. The third kappa shape index (κ3) is 3.76. The van der Waals surface area contributed by atoms with E-state index >= 15 is 0 Å². The van der Waals surface area contributed by atoms with Crippen LogP contribution in [0.1, 0.15) is 16.8 Å². The van der Waals surface area contributed by atoms with Gasteiger partial charge in [0.1, 0.15) is 0 Å². The van der Waals surface area contributed by atoms with Crippen LogP contribution in [0.4, 0.5) is 5.13 Å². The van der Waals surface area contributed by atoms with Crippen LogP contribution in [0.5, 0.6) is 0 Å². The molecule has 1 amide bonds. The number of thiazole rings is 1. The molecule has 5 heteroatoms. The van der Waals surface area contributed by atoms with Crippen molar-refractivity contribution in [2.24, 2.45) is 0 Å². The second-order valence-electron chi connectivity index (χ2n) is 3.85. The number of aryl methyl sites for hydroxylation is 1. The van der Waals surface area contributed by atoms with Crippen LogP contribution < -0.4 is 5.32 Å². The van der Waals surface area contributed by atoms with Crippen LogP contribution in [0.3, 0.4) is 0 Å². The van der Waals surface area contributed by atoms with Gasteiger partial charge in [-0.25, -0.2) is 4.98 Å². The molecule has 0 fully saturated rings. The van der Waals surface area contributed by atoms with E-state index in [2.05, 4.69) is 10.3 Å². The van der Waals surface area contributed by atoms with E-state index in [-0.39, 0.29) is 5.91 Å². The van der Waals surface area contributed by atoms with Gasteiger partial charge in [-0.3, -0.25) is 10.1 Å². The maximum atomic E-state index is 11.6. The summed E-state index contributed by atoms with van der Waals surface area (Å²) in [7, 11) is 0. The van der Waals surface area contributed by atoms with Crippen LogP contribution in [0.15, 0.2) is 35.7 Å². The average molecular weight is 269 g/mol. The highest BCUT2D eigenvalue weighted by Crippen LogP contribution is 2.14. The minimum Gasteiger partial charge on any atom is -0.298 e. The van der Waals surface area contributed by atoms with Gasteiger partial charge in [0.05, 0.1) is 17.3 Å². The van der Waals surface area contributed by atoms with Gasteiger partial charge >= 0.3 is 0 Å². The summed E-state index contributed by atoms with van der Waals surface area (Å²) in [6.45, 7) is 1.87. The summed E-state index contributed by atoms with van der Waals surface area (Å²) in [6, 6.07) is 9.04. The number of anilines is 1. The molecule has 0 aliphatic heterocycles. The zero-order chi connectivity index (χ0) is 13.7. The number of aromatic nitrogens is 1. The molecule has 0 atom stereocenters. The van der Waals surface area contributed by atoms with Crippen molar-refractivity contribution < 1.29 is 4.79 Å². The first kappa shape index (κ1) is 13.0. The minimum absolute atomic E-state index is 0.223. The number of nitrogens with one attached hydrogen (secondary N) is 1. The Kier molecular flexibility index (Phi) is 4.06. The Morgan fingerprint density at radius 3 is 2.74 bits per heavy atom. The van der Waals surface area contributed by atoms with Crippen molar-refractivity contribution in [2.75, 3.05) is 5.32 Å². The highest BCUT2D eigenvalue weighted by Gasteiger charge is 2.01. The topological polar surface area (TPSA) is 65.8 Å². The lowest BCUT2D eigenvalue weighted by Crippen LogP contribution is -2.07. The Bertz CT molecular complexity index is 650. The molecular weight excluding hydrogens is 258 g/mol. The molecular formula is C14H11N3OS. The molecule has 0 aliphatic rings. The van der Waals surface area contributed by atoms with Crippen molar-refractivity contribution >= 4 is 28.5 Å². The lowest BCUT2D eigenvalue weighted by molar-refractivity contribution is -0.111. The minimum atomic E-state index is -0.223. The number of carbonyl (C=O) groups is 1. The first-order valence-electron chi connectivity index (χ1n) is 5.59. The van der Waals surface area contributed by atoms with E-state index in [1.807, 2.05) is 18.4 Å². The van der Waals surface area contributed by atoms with Gasteiger partial charge in [-0.2, -0.15) is 5.26 Å². The third-order valence-electron chi connectivity index (χ3n) is 2.32. The van der Waals surface area contributed by atoms with Crippen molar-refractivity contribution in [3.63, 3.8) is 0 Å². The van der Waals surface area contributed by atoms with Crippen molar-refractivity contribution in [3.8, 4) is 6.07 Å². The molecule has 0 spiro atoms. The summed E-state index contributed by atoms with van der Waals surface area (Å²) < 4.78 is 0. The fourth-order valence-electron chi connectivity index (χ4n) is 1.40. The smallest absolute Gasteiger partial charge is 0.250 e. The SMILES string of the molecule is Cc1csc(NC(=O)/C=C/c2ccc(C#N)cc2)n1. The van der Waals surface area contributed by atoms with Gasteiger partial charge < -0.3 is 0 Å². The standard InChI is InChI=1S/C14H11N3OS/c1-10-9-19-14(16-10)17-13(18)7-6-11-2-4-12(8-15)5-3-11/h2-7,9H,1H3,(H,16,17,18)/b7-6+. The van der Waals surface area contributed by atoms with Crippen molar-refractivity contribution in [1.29, 1.82) is 5.26 Å². The van der Waals surface area contributed by atoms with Crippen LogP contribution in [0, 0.1) is 18.3 Å². The summed E-state index contributed by atoms with van der Waals surface area (Å²) in [5.41, 5.74) is 2.35. The number of hydrogen-bond donors (Lipinski definition) is 1. The molecule has 94 valence electrons. The maximum absolute atomic E-state index is 11.6. The van der Waals surface area contributed by atoms with Gasteiger partial charge in [-0.05, 0) is 30.7 Å². The first-order chi connectivity index (χ1) is 9.17. The van der Waals surface area contributed by atoms with Gasteiger partial charge in [-0.1, -0.05) is 12.1 Å². The molecule has 0 aliphatic carbocycles. The molecule has 0 saturated heterocycles. The highest BCUT2D eigenvalue weighted by molar-refractivity contribution is 7.13. The fourth-order valence-corrected chi connectivity index (χ4v) is 2.09. The van der Waals surface area contributed by atoms with E-state index in [1.54, 1.807) is 30.3 Å². The van der Waals surface area contributed by atoms with Gasteiger partial charge in [0.15, 0.2) is 5.13 Å². The molecule has 19 heavy (non-hydrogen) atoms. The molecule has 0 saturated carbocycles. The second kappa shape index (κ2) is 5.94. The van der Waals surface area contributed by atoms with Crippen LogP contribution in [-0.4, -0.2) is 10.9 Å². The fraction of sp³-hybridized carbons (Fsp3) is 0.0714. The Labute approximate surface area is 115 Å². The first-order valence-corrected chi connectivity index (χ1v) is 6.47. The summed E-state index contributed by atoms with van der Waals surface area (Å²) in [5.74, 6) is -0.223. The zero-order valence-corrected chi connectivity index (χ0v) is 11.1. The molecule has 1 aromatic heterocycles. The Morgan fingerprint density at radius 2 is 2.16 bits per heavy atom. The lowest BCUT2D eigenvalue weighted by atomic mass is 10.1. The average Bonchev–Trinajstić information content (AvgIpc) is 2.82. The van der Waals surface area contributed by atoms with Crippen molar-refractivity contribution in [3.05, 3.63) is 52.5 Å². The van der Waals surface area contributed by atoms with Crippen LogP contribution in [-0.2, 0) is 4.79 Å². The normalized spacial score (nSPS) is 10.3. The van der Waals surface area contributed by atoms with Gasteiger partial charge in [0, 0.05) is 11.5 Å². The molecule has 0 bridgehead atoms. The Balaban J connectivity index is 1.97. The Morgan fingerprint density at radius 1 is 1.42 bits per heavy atom. The van der Waals surface area contributed by atoms with Crippen LogP contribution in [0.25, 0.3) is 6.08 Å². The van der Waals surface area contributed by atoms with Gasteiger partial charge in [0.25, 0.3) is 0 Å². The van der Waals surface area contributed by atoms with Crippen LogP contribution in [0.2, 0.25) is 0 Å². The molecule has 1 N–H and O–H groups in total. The summed E-state index contributed by atoms with van der Waals surface area (Å²) in [5, 5.41) is 13.8. The molecule has 0 radical (unpaired) electrons. The van der Waals surface area contributed by atoms with E-state index in [1.165, 1.54) is 17.4 Å². The summed E-state index contributed by atoms with van der Waals surface area (Å²) >= 11 is 1.39. The zero-order valence-electron chi connectivity index (χ0n) is 10.3. The number of rotatable bonds is 3. The van der Waals surface area contributed by atoms with Gasteiger partial charge in [-0.15, -0.1) is 11.3 Å². The molecule has 1 aromatic carbocycles. The monoisotopic (exact) mass is 269 g/mol. The molecule has 0 unspecified atom stereocenters. The number of nitriles is 1. The molecule has 4 nitrogen and oxygen atoms in total. The maximum Gasteiger partial charge on any atom is 0.250 e. The van der Waals surface area contributed by atoms with E-state index in [4.69, 9.17) is 5.26 Å². The predicted octanol–water partition coefficient (Wildman–Crippen LogP) is 2.98. The number of nitrogens with zero attached hydrogens (tertiary/aromatic N) is 2. The summed E-state index contributed by atoms with van der Waals surface area (Å²) in [4.78, 5) is 15.8. The molecule has 2 aromatic rings. The number of benzene rings is 1. The van der Waals surface area contributed by atoms with E-state index in [9.17, 15) is 4.79 Å². The van der Waals surface area contributed by atoms with Crippen LogP contribution >= 0.6 is 11.3 Å². The van der Waals surface area contributed by atoms with E-state index in [0.29, 0.717) is 10.7 Å². The predicted molar refractivity (Wildman–Crippen MR) is 75.7 cm³/mol. The van der Waals surface area contributed by atoms with E-state index in [0.717, 1.165) is 11.3 Å². The number of carbonyl (C=O) groups excluding carboxylic acids is 1. The third-order valence-corrected chi connectivity index (χ3v) is 3.19. The van der Waals surface area contributed by atoms with E-state index < -0.39 is 0 Å². The van der Waals surface area contributed by atoms with Gasteiger partial charge in [0.2, 0.25) is 5.91 Å². The largest absolute Gasteiger partial charge is 0.298 e. The molecule has 2 rings (SSSR count). The number of amides is 1.